The molecular formula is C19H17N3O4. The number of likely N-dealkylation sites (N-methyl/N-ethyl adjacent to an activating group) is 1. The van der Waals surface area contributed by atoms with E-state index in [4.69, 9.17) is 4.74 Å². The molecule has 0 fully saturated rings. The van der Waals surface area contributed by atoms with E-state index in [-0.39, 0.29) is 11.3 Å². The molecule has 0 aliphatic rings. The zero-order valence-corrected chi connectivity index (χ0v) is 14.1. The second-order valence-electron chi connectivity index (χ2n) is 5.48. The molecule has 7 nitrogen and oxygen atoms in total. The van der Waals surface area contributed by atoms with Crippen molar-refractivity contribution in [2.24, 2.45) is 0 Å². The Labute approximate surface area is 149 Å². The van der Waals surface area contributed by atoms with E-state index in [1.165, 1.54) is 0 Å². The number of hydrogen-bond acceptors (Lipinski definition) is 5. The van der Waals surface area contributed by atoms with Gasteiger partial charge in [0.15, 0.2) is 12.3 Å². The van der Waals surface area contributed by atoms with Crippen molar-refractivity contribution in [1.82, 2.24) is 15.1 Å². The molecule has 0 unspecified atom stereocenters. The van der Waals surface area contributed by atoms with Gasteiger partial charge in [0.1, 0.15) is 0 Å². The van der Waals surface area contributed by atoms with Crippen LogP contribution in [0.25, 0.3) is 16.5 Å². The minimum Gasteiger partial charge on any atom is -0.451 e. The standard InChI is InChI=1S/C19H17N3O4/c1-2-20-16(23)12-26-19(25)17-14-10-6-7-11-15(14)18(24)22(21-17)13-8-4-3-5-9-13/h3-11H,2,12H2,1H3,(H,20,23). The summed E-state index contributed by atoms with van der Waals surface area (Å²) in [6.45, 7) is 1.80. The van der Waals surface area contributed by atoms with E-state index in [0.29, 0.717) is 23.0 Å². The molecule has 1 aromatic heterocycles. The van der Waals surface area contributed by atoms with Gasteiger partial charge in [0.2, 0.25) is 0 Å². The SMILES string of the molecule is CCNC(=O)COC(=O)c1nn(-c2ccccc2)c(=O)c2ccccc12. The number of carbonyl (C=O) groups excluding carboxylic acids is 2. The van der Waals surface area contributed by atoms with Crippen LogP contribution in [0.15, 0.2) is 59.4 Å². The fraction of sp³-hybridized carbons (Fsp3) is 0.158. The summed E-state index contributed by atoms with van der Waals surface area (Å²) < 4.78 is 6.21. The van der Waals surface area contributed by atoms with Crippen LogP contribution >= 0.6 is 0 Å². The van der Waals surface area contributed by atoms with Crippen LogP contribution in [0.5, 0.6) is 0 Å². The highest BCUT2D eigenvalue weighted by atomic mass is 16.5. The smallest absolute Gasteiger partial charge is 0.359 e. The zero-order chi connectivity index (χ0) is 18.5. The minimum atomic E-state index is -0.767. The second kappa shape index (κ2) is 7.60. The van der Waals surface area contributed by atoms with Crippen LogP contribution in [0.2, 0.25) is 0 Å². The second-order valence-corrected chi connectivity index (χ2v) is 5.48. The summed E-state index contributed by atoms with van der Waals surface area (Å²) in [7, 11) is 0. The molecule has 2 aromatic carbocycles. The number of hydrogen-bond donors (Lipinski definition) is 1. The van der Waals surface area contributed by atoms with Crippen molar-refractivity contribution >= 4 is 22.6 Å². The van der Waals surface area contributed by atoms with E-state index in [0.717, 1.165) is 4.68 Å². The number of benzene rings is 2. The molecule has 3 rings (SSSR count). The Morgan fingerprint density at radius 2 is 1.69 bits per heavy atom. The summed E-state index contributed by atoms with van der Waals surface area (Å²) in [5.41, 5.74) is 0.168. The molecule has 0 atom stereocenters. The Kier molecular flexibility index (Phi) is 5.07. The third-order valence-electron chi connectivity index (χ3n) is 3.71. The van der Waals surface area contributed by atoms with Crippen molar-refractivity contribution in [1.29, 1.82) is 0 Å². The Balaban J connectivity index is 2.07. The van der Waals surface area contributed by atoms with Gasteiger partial charge in [-0.1, -0.05) is 36.4 Å². The van der Waals surface area contributed by atoms with Crippen LogP contribution in [0, 0.1) is 0 Å². The van der Waals surface area contributed by atoms with E-state index < -0.39 is 18.5 Å². The summed E-state index contributed by atoms with van der Waals surface area (Å²) in [5, 5.41) is 7.46. The fourth-order valence-electron chi connectivity index (χ4n) is 2.53. The molecule has 0 aliphatic heterocycles. The average Bonchev–Trinajstić information content (AvgIpc) is 2.67. The van der Waals surface area contributed by atoms with E-state index in [2.05, 4.69) is 10.4 Å². The predicted molar refractivity (Wildman–Crippen MR) is 96.3 cm³/mol. The molecule has 3 aromatic rings. The molecule has 0 aliphatic carbocycles. The number of ether oxygens (including phenoxy) is 1. The Morgan fingerprint density at radius 3 is 2.38 bits per heavy atom. The molecule has 1 amide bonds. The number of esters is 1. The van der Waals surface area contributed by atoms with Crippen molar-refractivity contribution in [3.05, 3.63) is 70.6 Å². The average molecular weight is 351 g/mol. The molecule has 0 radical (unpaired) electrons. The molecule has 0 bridgehead atoms. The van der Waals surface area contributed by atoms with Crippen molar-refractivity contribution in [2.45, 2.75) is 6.92 Å². The third-order valence-corrected chi connectivity index (χ3v) is 3.71. The summed E-state index contributed by atoms with van der Waals surface area (Å²) >= 11 is 0. The lowest BCUT2D eigenvalue weighted by Gasteiger charge is -2.11. The van der Waals surface area contributed by atoms with Gasteiger partial charge in [0.05, 0.1) is 11.1 Å². The van der Waals surface area contributed by atoms with Crippen LogP contribution < -0.4 is 10.9 Å². The monoisotopic (exact) mass is 351 g/mol. The molecule has 0 spiro atoms. The van der Waals surface area contributed by atoms with Gasteiger partial charge in [0.25, 0.3) is 11.5 Å². The summed E-state index contributed by atoms with van der Waals surface area (Å²) in [4.78, 5) is 36.7. The molecular weight excluding hydrogens is 334 g/mol. The van der Waals surface area contributed by atoms with Gasteiger partial charge in [-0.25, -0.2) is 4.79 Å². The summed E-state index contributed by atoms with van der Waals surface area (Å²) in [5.74, 6) is -1.17. The number of nitrogens with one attached hydrogen (secondary N) is 1. The van der Waals surface area contributed by atoms with Crippen molar-refractivity contribution < 1.29 is 14.3 Å². The highest BCUT2D eigenvalue weighted by Gasteiger charge is 2.19. The number of para-hydroxylation sites is 1. The van der Waals surface area contributed by atoms with E-state index >= 15 is 0 Å². The first-order valence-electron chi connectivity index (χ1n) is 8.13. The molecule has 0 saturated heterocycles. The Hall–Kier alpha value is -3.48. The zero-order valence-electron chi connectivity index (χ0n) is 14.1. The Bertz CT molecular complexity index is 1010. The summed E-state index contributed by atoms with van der Waals surface area (Å²) in [6.07, 6.45) is 0. The largest absolute Gasteiger partial charge is 0.451 e. The molecule has 1 N–H and O–H groups in total. The minimum absolute atomic E-state index is 0.0200. The van der Waals surface area contributed by atoms with Crippen molar-refractivity contribution in [3.8, 4) is 5.69 Å². The lowest BCUT2D eigenvalue weighted by atomic mass is 10.1. The Morgan fingerprint density at radius 1 is 1.04 bits per heavy atom. The number of amides is 1. The van der Waals surface area contributed by atoms with Gasteiger partial charge >= 0.3 is 5.97 Å². The maximum absolute atomic E-state index is 12.7. The first-order valence-corrected chi connectivity index (χ1v) is 8.13. The lowest BCUT2D eigenvalue weighted by Crippen LogP contribution is -2.30. The summed E-state index contributed by atoms with van der Waals surface area (Å²) in [6, 6.07) is 15.5. The molecule has 0 saturated carbocycles. The van der Waals surface area contributed by atoms with Crippen LogP contribution in [0.4, 0.5) is 0 Å². The first-order chi connectivity index (χ1) is 12.6. The lowest BCUT2D eigenvalue weighted by molar-refractivity contribution is -0.124. The van der Waals surface area contributed by atoms with Gasteiger partial charge in [-0.15, -0.1) is 0 Å². The molecule has 26 heavy (non-hydrogen) atoms. The highest BCUT2D eigenvalue weighted by Crippen LogP contribution is 2.16. The maximum Gasteiger partial charge on any atom is 0.359 e. The number of aromatic nitrogens is 2. The number of nitrogens with zero attached hydrogens (tertiary/aromatic N) is 2. The molecule has 1 heterocycles. The quantitative estimate of drug-likeness (QED) is 0.706. The van der Waals surface area contributed by atoms with Gasteiger partial charge in [-0.3, -0.25) is 9.59 Å². The number of fused-ring (bicyclic) bond motifs is 1. The van der Waals surface area contributed by atoms with Crippen LogP contribution in [0.3, 0.4) is 0 Å². The van der Waals surface area contributed by atoms with Crippen molar-refractivity contribution in [3.63, 3.8) is 0 Å². The van der Waals surface area contributed by atoms with E-state index in [1.807, 2.05) is 6.07 Å². The van der Waals surface area contributed by atoms with Gasteiger partial charge in [0, 0.05) is 11.9 Å². The van der Waals surface area contributed by atoms with Crippen LogP contribution in [0.1, 0.15) is 17.4 Å². The highest BCUT2D eigenvalue weighted by molar-refractivity contribution is 6.02. The third kappa shape index (κ3) is 3.46. The number of carbonyl (C=O) groups is 2. The van der Waals surface area contributed by atoms with E-state index in [1.54, 1.807) is 55.5 Å². The normalized spacial score (nSPS) is 10.5. The molecule has 132 valence electrons. The van der Waals surface area contributed by atoms with Crippen LogP contribution in [-0.4, -0.2) is 34.8 Å². The van der Waals surface area contributed by atoms with Gasteiger partial charge in [-0.05, 0) is 25.1 Å². The van der Waals surface area contributed by atoms with Crippen molar-refractivity contribution in [2.75, 3.05) is 13.2 Å². The molecule has 7 heteroatoms. The number of rotatable bonds is 5. The topological polar surface area (TPSA) is 90.3 Å². The fourth-order valence-corrected chi connectivity index (χ4v) is 2.53. The van der Waals surface area contributed by atoms with Gasteiger partial charge < -0.3 is 10.1 Å². The van der Waals surface area contributed by atoms with Gasteiger partial charge in [-0.2, -0.15) is 9.78 Å². The predicted octanol–water partition coefficient (Wildman–Crippen LogP) is 1.68. The van der Waals surface area contributed by atoms with E-state index in [9.17, 15) is 14.4 Å². The first kappa shape index (κ1) is 17.3. The maximum atomic E-state index is 12.7. The van der Waals surface area contributed by atoms with Crippen LogP contribution in [-0.2, 0) is 9.53 Å².